The molecule has 2 aromatic rings. The molecule has 0 saturated carbocycles. The van der Waals surface area contributed by atoms with Crippen molar-refractivity contribution in [2.45, 2.75) is 11.3 Å². The van der Waals surface area contributed by atoms with Crippen molar-refractivity contribution in [3.8, 4) is 0 Å². The molecular weight excluding hydrogens is 293 g/mol. The van der Waals surface area contributed by atoms with E-state index in [0.29, 0.717) is 12.2 Å². The van der Waals surface area contributed by atoms with Crippen LogP contribution in [-0.2, 0) is 16.4 Å². The van der Waals surface area contributed by atoms with Crippen LogP contribution in [0.2, 0.25) is 0 Å². The molecule has 0 radical (unpaired) electrons. The summed E-state index contributed by atoms with van der Waals surface area (Å²) in [5.41, 5.74) is 7.43. The Morgan fingerprint density at radius 1 is 1.10 bits per heavy atom. The van der Waals surface area contributed by atoms with E-state index in [9.17, 15) is 12.8 Å². The molecule has 0 aliphatic heterocycles. The van der Waals surface area contributed by atoms with E-state index in [4.69, 9.17) is 10.9 Å². The first-order valence-electron chi connectivity index (χ1n) is 6.28. The molecule has 5 nitrogen and oxygen atoms in total. The fraction of sp³-hybridized carbons (Fsp3) is 0.143. The van der Waals surface area contributed by atoms with Crippen LogP contribution in [0.15, 0.2) is 47.4 Å². The molecular formula is C14H16FN3O2S. The standard InChI is InChI=1S/C14H16FN3O2S/c15-13-9-12(21(17,19)20)5-6-14(13)18-11-3-1-10(2-4-11)7-8-16/h1-6,9,18H,7-8,16H2,(H2,17,19,20). The van der Waals surface area contributed by atoms with Crippen LogP contribution >= 0.6 is 0 Å². The van der Waals surface area contributed by atoms with Gasteiger partial charge in [-0.25, -0.2) is 17.9 Å². The van der Waals surface area contributed by atoms with Crippen LogP contribution in [0.4, 0.5) is 15.8 Å². The number of primary sulfonamides is 1. The van der Waals surface area contributed by atoms with Crippen LogP contribution in [-0.4, -0.2) is 15.0 Å². The van der Waals surface area contributed by atoms with Crippen LogP contribution in [0.5, 0.6) is 0 Å². The van der Waals surface area contributed by atoms with Gasteiger partial charge in [0.15, 0.2) is 0 Å². The van der Waals surface area contributed by atoms with Gasteiger partial charge in [-0.15, -0.1) is 0 Å². The minimum atomic E-state index is -3.91. The number of halogens is 1. The largest absolute Gasteiger partial charge is 0.353 e. The van der Waals surface area contributed by atoms with Crippen molar-refractivity contribution < 1.29 is 12.8 Å². The molecule has 5 N–H and O–H groups in total. The molecule has 112 valence electrons. The van der Waals surface area contributed by atoms with Crippen molar-refractivity contribution in [3.63, 3.8) is 0 Å². The summed E-state index contributed by atoms with van der Waals surface area (Å²) in [5, 5.41) is 7.83. The predicted octanol–water partition coefficient (Wildman–Crippen LogP) is 1.72. The average molecular weight is 309 g/mol. The SMILES string of the molecule is NCCc1ccc(Nc2ccc(S(N)(=O)=O)cc2F)cc1. The lowest BCUT2D eigenvalue weighted by molar-refractivity contribution is 0.593. The quantitative estimate of drug-likeness (QED) is 0.783. The number of hydrogen-bond acceptors (Lipinski definition) is 4. The van der Waals surface area contributed by atoms with Crippen molar-refractivity contribution in [3.05, 3.63) is 53.8 Å². The maximum Gasteiger partial charge on any atom is 0.238 e. The van der Waals surface area contributed by atoms with Gasteiger partial charge in [0, 0.05) is 5.69 Å². The molecule has 0 unspecified atom stereocenters. The molecule has 0 aliphatic rings. The summed E-state index contributed by atoms with van der Waals surface area (Å²) in [7, 11) is -3.91. The van der Waals surface area contributed by atoms with Crippen LogP contribution in [0, 0.1) is 5.82 Å². The molecule has 0 aromatic heterocycles. The van der Waals surface area contributed by atoms with E-state index in [-0.39, 0.29) is 10.6 Å². The van der Waals surface area contributed by atoms with Gasteiger partial charge in [-0.2, -0.15) is 0 Å². The van der Waals surface area contributed by atoms with Gasteiger partial charge in [-0.1, -0.05) is 12.1 Å². The topological polar surface area (TPSA) is 98.2 Å². The van der Waals surface area contributed by atoms with E-state index in [1.807, 2.05) is 12.1 Å². The molecule has 0 atom stereocenters. The highest BCUT2D eigenvalue weighted by Gasteiger charge is 2.11. The maximum absolute atomic E-state index is 13.9. The van der Waals surface area contributed by atoms with E-state index in [0.717, 1.165) is 18.1 Å². The van der Waals surface area contributed by atoms with Gasteiger partial charge in [0.1, 0.15) is 5.82 Å². The molecule has 2 aromatic carbocycles. The van der Waals surface area contributed by atoms with E-state index in [2.05, 4.69) is 5.32 Å². The van der Waals surface area contributed by atoms with Gasteiger partial charge in [0.2, 0.25) is 10.0 Å². The van der Waals surface area contributed by atoms with Gasteiger partial charge < -0.3 is 11.1 Å². The number of rotatable bonds is 5. The second kappa shape index (κ2) is 6.21. The fourth-order valence-electron chi connectivity index (χ4n) is 1.85. The van der Waals surface area contributed by atoms with Crippen molar-refractivity contribution in [1.29, 1.82) is 0 Å². The summed E-state index contributed by atoms with van der Waals surface area (Å²) in [6.45, 7) is 0.566. The number of nitrogens with two attached hydrogens (primary N) is 2. The number of hydrogen-bond donors (Lipinski definition) is 3. The lowest BCUT2D eigenvalue weighted by Crippen LogP contribution is -2.12. The second-order valence-corrected chi connectivity index (χ2v) is 6.11. The third-order valence-electron chi connectivity index (χ3n) is 2.94. The number of sulfonamides is 1. The van der Waals surface area contributed by atoms with Gasteiger partial charge in [-0.3, -0.25) is 0 Å². The molecule has 0 fully saturated rings. The van der Waals surface area contributed by atoms with Gasteiger partial charge in [0.25, 0.3) is 0 Å². The summed E-state index contributed by atoms with van der Waals surface area (Å²) < 4.78 is 36.1. The summed E-state index contributed by atoms with van der Waals surface area (Å²) >= 11 is 0. The highest BCUT2D eigenvalue weighted by atomic mass is 32.2. The third kappa shape index (κ3) is 4.01. The minimum Gasteiger partial charge on any atom is -0.353 e. The first-order valence-corrected chi connectivity index (χ1v) is 7.83. The third-order valence-corrected chi connectivity index (χ3v) is 3.85. The number of benzene rings is 2. The Hall–Kier alpha value is -1.96. The first-order chi connectivity index (χ1) is 9.90. The number of anilines is 2. The van der Waals surface area contributed by atoms with Crippen LogP contribution in [0.1, 0.15) is 5.56 Å². The fourth-order valence-corrected chi connectivity index (χ4v) is 2.38. The van der Waals surface area contributed by atoms with Crippen molar-refractivity contribution in [2.75, 3.05) is 11.9 Å². The summed E-state index contributed by atoms with van der Waals surface area (Å²) in [5.74, 6) is -0.687. The Morgan fingerprint density at radius 3 is 2.29 bits per heavy atom. The van der Waals surface area contributed by atoms with Crippen LogP contribution in [0.3, 0.4) is 0 Å². The maximum atomic E-state index is 13.9. The molecule has 21 heavy (non-hydrogen) atoms. The predicted molar refractivity (Wildman–Crippen MR) is 80.3 cm³/mol. The highest BCUT2D eigenvalue weighted by molar-refractivity contribution is 7.89. The first kappa shape index (κ1) is 15.4. The van der Waals surface area contributed by atoms with Crippen LogP contribution in [0.25, 0.3) is 0 Å². The van der Waals surface area contributed by atoms with E-state index >= 15 is 0 Å². The summed E-state index contributed by atoms with van der Waals surface area (Å²) in [6, 6.07) is 10.9. The highest BCUT2D eigenvalue weighted by Crippen LogP contribution is 2.22. The smallest absolute Gasteiger partial charge is 0.238 e. The molecule has 0 aliphatic carbocycles. The van der Waals surface area contributed by atoms with E-state index in [1.54, 1.807) is 12.1 Å². The zero-order valence-corrected chi connectivity index (χ0v) is 12.0. The van der Waals surface area contributed by atoms with E-state index in [1.165, 1.54) is 12.1 Å². The van der Waals surface area contributed by atoms with Crippen molar-refractivity contribution >= 4 is 21.4 Å². The van der Waals surface area contributed by atoms with Crippen molar-refractivity contribution in [2.24, 2.45) is 10.9 Å². The summed E-state index contributed by atoms with van der Waals surface area (Å²) in [4.78, 5) is -0.260. The Bertz CT molecular complexity index is 730. The monoisotopic (exact) mass is 309 g/mol. The normalized spacial score (nSPS) is 11.4. The molecule has 0 amide bonds. The Kier molecular flexibility index (Phi) is 4.56. The molecule has 0 saturated heterocycles. The summed E-state index contributed by atoms with van der Waals surface area (Å²) in [6.07, 6.45) is 0.775. The number of nitrogens with one attached hydrogen (secondary N) is 1. The zero-order chi connectivity index (χ0) is 15.5. The average Bonchev–Trinajstić information content (AvgIpc) is 2.42. The van der Waals surface area contributed by atoms with E-state index < -0.39 is 15.8 Å². The van der Waals surface area contributed by atoms with Crippen molar-refractivity contribution in [1.82, 2.24) is 0 Å². The van der Waals surface area contributed by atoms with Gasteiger partial charge in [-0.05, 0) is 48.9 Å². The zero-order valence-electron chi connectivity index (χ0n) is 11.2. The Labute approximate surface area is 122 Å². The molecule has 7 heteroatoms. The Morgan fingerprint density at radius 2 is 1.76 bits per heavy atom. The second-order valence-electron chi connectivity index (χ2n) is 4.55. The molecule has 0 heterocycles. The lowest BCUT2D eigenvalue weighted by Gasteiger charge is -2.09. The minimum absolute atomic E-state index is 0.175. The Balaban J connectivity index is 2.20. The van der Waals surface area contributed by atoms with Gasteiger partial charge >= 0.3 is 0 Å². The van der Waals surface area contributed by atoms with Gasteiger partial charge in [0.05, 0.1) is 10.6 Å². The molecule has 2 rings (SSSR count). The molecule has 0 spiro atoms. The lowest BCUT2D eigenvalue weighted by atomic mass is 10.1. The molecule has 0 bridgehead atoms. The van der Waals surface area contributed by atoms with Crippen LogP contribution < -0.4 is 16.2 Å².